The summed E-state index contributed by atoms with van der Waals surface area (Å²) in [6.45, 7) is 7.80. The van der Waals surface area contributed by atoms with Crippen molar-refractivity contribution in [3.05, 3.63) is 34.8 Å². The average Bonchev–Trinajstić information content (AvgIpc) is 2.90. The van der Waals surface area contributed by atoms with E-state index in [9.17, 15) is 9.59 Å². The van der Waals surface area contributed by atoms with Crippen LogP contribution in [0.25, 0.3) is 11.1 Å². The van der Waals surface area contributed by atoms with E-state index in [1.807, 2.05) is 6.07 Å². The topological polar surface area (TPSA) is 76.7 Å². The fourth-order valence-corrected chi connectivity index (χ4v) is 2.96. The first-order chi connectivity index (χ1) is 11.5. The number of fused-ring (bicyclic) bond motifs is 1. The number of amides is 1. The molecule has 1 saturated heterocycles. The van der Waals surface area contributed by atoms with Gasteiger partial charge in [-0.25, -0.2) is 4.79 Å². The Morgan fingerprint density at radius 2 is 1.96 bits per heavy atom. The summed E-state index contributed by atoms with van der Waals surface area (Å²) < 4.78 is 11.9. The molecule has 3 rings (SSSR count). The molecule has 0 unspecified atom stereocenters. The Hall–Kier alpha value is -2.12. The second kappa shape index (κ2) is 6.78. The Balaban J connectivity index is 1.63. The second-order valence-corrected chi connectivity index (χ2v) is 6.61. The highest BCUT2D eigenvalue weighted by molar-refractivity contribution is 5.79. The monoisotopic (exact) mass is 333 g/mol. The molecule has 0 atom stereocenters. The predicted octanol–water partition coefficient (Wildman–Crippen LogP) is 0.821. The predicted molar refractivity (Wildman–Crippen MR) is 90.0 cm³/mol. The number of carbonyl (C=O) groups excluding carboxylic acids is 1. The van der Waals surface area contributed by atoms with E-state index >= 15 is 0 Å². The van der Waals surface area contributed by atoms with Crippen molar-refractivity contribution in [1.82, 2.24) is 14.8 Å². The van der Waals surface area contributed by atoms with Crippen LogP contribution in [0.2, 0.25) is 0 Å². The summed E-state index contributed by atoms with van der Waals surface area (Å²) in [6, 6.07) is 7.09. The van der Waals surface area contributed by atoms with Gasteiger partial charge in [0, 0.05) is 25.2 Å². The van der Waals surface area contributed by atoms with Crippen LogP contribution in [0.3, 0.4) is 0 Å². The normalized spacial score (nSPS) is 16.4. The highest BCUT2D eigenvalue weighted by Gasteiger charge is 2.28. The van der Waals surface area contributed by atoms with Crippen LogP contribution < -0.4 is 11.1 Å². The number of aromatic nitrogens is 1. The highest BCUT2D eigenvalue weighted by atomic mass is 16.5. The van der Waals surface area contributed by atoms with E-state index in [1.54, 1.807) is 18.2 Å². The van der Waals surface area contributed by atoms with Crippen LogP contribution in [0.5, 0.6) is 0 Å². The lowest BCUT2D eigenvalue weighted by molar-refractivity contribution is -0.122. The zero-order valence-corrected chi connectivity index (χ0v) is 14.1. The minimum atomic E-state index is -0.515. The van der Waals surface area contributed by atoms with Gasteiger partial charge in [0.1, 0.15) is 6.54 Å². The Morgan fingerprint density at radius 3 is 2.71 bits per heavy atom. The maximum atomic E-state index is 12.3. The van der Waals surface area contributed by atoms with Crippen molar-refractivity contribution < 1.29 is 13.9 Å². The molecule has 0 spiro atoms. The van der Waals surface area contributed by atoms with Crippen LogP contribution in [-0.2, 0) is 16.1 Å². The van der Waals surface area contributed by atoms with Gasteiger partial charge in [0.15, 0.2) is 5.58 Å². The molecule has 1 aromatic carbocycles. The number of rotatable bonds is 5. The van der Waals surface area contributed by atoms with Crippen molar-refractivity contribution in [2.45, 2.75) is 25.9 Å². The number of oxazole rings is 1. The molecule has 130 valence electrons. The number of nitrogens with zero attached hydrogens (tertiary/aromatic N) is 2. The van der Waals surface area contributed by atoms with E-state index in [-0.39, 0.29) is 18.0 Å². The number of para-hydroxylation sites is 2. The SMILES string of the molecule is CC(C)(CNC(=O)Cn1c(=O)oc2ccccc21)N1CCOCC1. The van der Waals surface area contributed by atoms with Crippen LogP contribution in [0.1, 0.15) is 13.8 Å². The summed E-state index contributed by atoms with van der Waals surface area (Å²) in [5.41, 5.74) is 0.956. The molecule has 0 bridgehead atoms. The number of benzene rings is 1. The number of nitrogens with one attached hydrogen (secondary N) is 1. The Morgan fingerprint density at radius 1 is 1.25 bits per heavy atom. The number of morpholine rings is 1. The van der Waals surface area contributed by atoms with Crippen molar-refractivity contribution in [3.63, 3.8) is 0 Å². The van der Waals surface area contributed by atoms with Gasteiger partial charge in [0.05, 0.1) is 18.7 Å². The van der Waals surface area contributed by atoms with Crippen molar-refractivity contribution in [2.24, 2.45) is 0 Å². The molecule has 1 N–H and O–H groups in total. The standard InChI is InChI=1S/C17H23N3O4/c1-17(2,19-7-9-23-10-8-19)12-18-15(21)11-20-13-5-3-4-6-14(13)24-16(20)22/h3-6H,7-12H2,1-2H3,(H,18,21). The van der Waals surface area contributed by atoms with E-state index in [1.165, 1.54) is 4.57 Å². The van der Waals surface area contributed by atoms with Gasteiger partial charge in [-0.15, -0.1) is 0 Å². The van der Waals surface area contributed by atoms with Crippen LogP contribution in [0.15, 0.2) is 33.5 Å². The average molecular weight is 333 g/mol. The summed E-state index contributed by atoms with van der Waals surface area (Å²) in [6.07, 6.45) is 0. The van der Waals surface area contributed by atoms with Gasteiger partial charge < -0.3 is 14.5 Å². The molecule has 1 aromatic heterocycles. The molecule has 24 heavy (non-hydrogen) atoms. The van der Waals surface area contributed by atoms with Gasteiger partial charge in [-0.1, -0.05) is 12.1 Å². The Kier molecular flexibility index (Phi) is 4.73. The van der Waals surface area contributed by atoms with Crippen LogP contribution in [0, 0.1) is 0 Å². The Bertz CT molecular complexity index is 771. The minimum absolute atomic E-state index is 0.0466. The summed E-state index contributed by atoms with van der Waals surface area (Å²) in [5.74, 6) is -0.719. The van der Waals surface area contributed by atoms with E-state index < -0.39 is 5.76 Å². The van der Waals surface area contributed by atoms with Gasteiger partial charge in [-0.3, -0.25) is 14.3 Å². The van der Waals surface area contributed by atoms with Gasteiger partial charge in [-0.2, -0.15) is 0 Å². The van der Waals surface area contributed by atoms with Gasteiger partial charge in [-0.05, 0) is 26.0 Å². The lowest BCUT2D eigenvalue weighted by atomic mass is 10.0. The number of carbonyl (C=O) groups is 1. The summed E-state index contributed by atoms with van der Waals surface area (Å²) in [4.78, 5) is 26.5. The third-order valence-corrected chi connectivity index (χ3v) is 4.46. The van der Waals surface area contributed by atoms with Crippen LogP contribution in [-0.4, -0.2) is 53.8 Å². The number of hydrogen-bond donors (Lipinski definition) is 1. The molecule has 0 saturated carbocycles. The minimum Gasteiger partial charge on any atom is -0.408 e. The summed E-state index contributed by atoms with van der Waals surface area (Å²) in [5, 5.41) is 2.93. The zero-order valence-electron chi connectivity index (χ0n) is 14.1. The number of hydrogen-bond acceptors (Lipinski definition) is 5. The molecule has 0 radical (unpaired) electrons. The van der Waals surface area contributed by atoms with Crippen molar-refractivity contribution in [3.8, 4) is 0 Å². The van der Waals surface area contributed by atoms with E-state index in [4.69, 9.17) is 9.15 Å². The first kappa shape index (κ1) is 16.7. The van der Waals surface area contributed by atoms with Gasteiger partial charge >= 0.3 is 5.76 Å². The van der Waals surface area contributed by atoms with Crippen molar-refractivity contribution in [1.29, 1.82) is 0 Å². The van der Waals surface area contributed by atoms with Crippen molar-refractivity contribution >= 4 is 17.0 Å². The van der Waals surface area contributed by atoms with E-state index in [2.05, 4.69) is 24.1 Å². The van der Waals surface area contributed by atoms with Crippen LogP contribution in [0.4, 0.5) is 0 Å². The fraction of sp³-hybridized carbons (Fsp3) is 0.529. The second-order valence-electron chi connectivity index (χ2n) is 6.61. The lowest BCUT2D eigenvalue weighted by Crippen LogP contribution is -2.55. The lowest BCUT2D eigenvalue weighted by Gasteiger charge is -2.40. The van der Waals surface area contributed by atoms with Gasteiger partial charge in [0.2, 0.25) is 5.91 Å². The molecular formula is C17H23N3O4. The first-order valence-electron chi connectivity index (χ1n) is 8.15. The third kappa shape index (κ3) is 3.52. The molecule has 1 aliphatic heterocycles. The molecule has 7 heteroatoms. The third-order valence-electron chi connectivity index (χ3n) is 4.46. The fourth-order valence-electron chi connectivity index (χ4n) is 2.96. The smallest absolute Gasteiger partial charge is 0.408 e. The first-order valence-corrected chi connectivity index (χ1v) is 8.15. The maximum absolute atomic E-state index is 12.3. The largest absolute Gasteiger partial charge is 0.420 e. The molecule has 0 aliphatic carbocycles. The summed E-state index contributed by atoms with van der Waals surface area (Å²) in [7, 11) is 0. The van der Waals surface area contributed by atoms with E-state index in [0.29, 0.717) is 30.9 Å². The molecule has 1 fully saturated rings. The highest BCUT2D eigenvalue weighted by Crippen LogP contribution is 2.15. The maximum Gasteiger partial charge on any atom is 0.420 e. The van der Waals surface area contributed by atoms with Crippen molar-refractivity contribution in [2.75, 3.05) is 32.8 Å². The van der Waals surface area contributed by atoms with E-state index in [0.717, 1.165) is 13.1 Å². The quantitative estimate of drug-likeness (QED) is 0.877. The molecule has 1 aliphatic rings. The molecule has 7 nitrogen and oxygen atoms in total. The van der Waals surface area contributed by atoms with Gasteiger partial charge in [0.25, 0.3) is 0 Å². The zero-order chi connectivity index (χ0) is 17.2. The molecule has 1 amide bonds. The summed E-state index contributed by atoms with van der Waals surface area (Å²) >= 11 is 0. The molecular weight excluding hydrogens is 310 g/mol. The molecule has 2 aromatic rings. The Labute approximate surface area is 140 Å². The number of ether oxygens (including phenoxy) is 1. The van der Waals surface area contributed by atoms with Crippen LogP contribution >= 0.6 is 0 Å². The molecule has 2 heterocycles.